The molecule has 13 heteroatoms. The standard InChI is InChI=1S/C31H36Cl2N4O5S2/c1-20(2)17-24(34-29(38)27-18-21-7-3-4-9-26(21)43-27)30(39)35-13-15-36(16-14-35)31(40)25-8-5-6-12-37(25)44(41,42)28-11-10-22(32)19-23(28)33/h3-4,7,9-11,18-20,24-25H,5-6,8,12-17H2,1-2H3,(H,34,38)/t24-,25?/m0/s1. The Labute approximate surface area is 272 Å². The number of carbonyl (C=O) groups is 3. The van der Waals surface area contributed by atoms with Crippen LogP contribution in [0.2, 0.25) is 10.0 Å². The second kappa shape index (κ2) is 13.7. The lowest BCUT2D eigenvalue weighted by Gasteiger charge is -2.41. The number of hydrogen-bond donors (Lipinski definition) is 1. The van der Waals surface area contributed by atoms with Crippen LogP contribution in [-0.4, -0.2) is 85.1 Å². The predicted octanol–water partition coefficient (Wildman–Crippen LogP) is 5.27. The number of thiophene rings is 1. The van der Waals surface area contributed by atoms with Gasteiger partial charge in [0.05, 0.1) is 9.90 Å². The van der Waals surface area contributed by atoms with Crippen molar-refractivity contribution < 1.29 is 22.8 Å². The Bertz CT molecular complexity index is 1620. The maximum atomic E-state index is 13.7. The summed E-state index contributed by atoms with van der Waals surface area (Å²) in [4.78, 5) is 44.3. The molecule has 2 aliphatic heterocycles. The molecule has 3 aromatic rings. The smallest absolute Gasteiger partial charge is 0.262 e. The molecule has 1 aromatic heterocycles. The number of hydrogen-bond acceptors (Lipinski definition) is 6. The van der Waals surface area contributed by atoms with Crippen molar-refractivity contribution in [3.8, 4) is 0 Å². The molecule has 0 aliphatic carbocycles. The van der Waals surface area contributed by atoms with Crippen LogP contribution in [0.15, 0.2) is 53.4 Å². The number of fused-ring (bicyclic) bond motifs is 1. The molecular formula is C31H36Cl2N4O5S2. The zero-order chi connectivity index (χ0) is 31.6. The van der Waals surface area contributed by atoms with Gasteiger partial charge in [0.2, 0.25) is 21.8 Å². The average molecular weight is 680 g/mol. The van der Waals surface area contributed by atoms with Crippen molar-refractivity contribution in [2.45, 2.75) is 56.5 Å². The van der Waals surface area contributed by atoms with E-state index in [4.69, 9.17) is 23.2 Å². The van der Waals surface area contributed by atoms with E-state index < -0.39 is 22.1 Å². The molecule has 0 radical (unpaired) electrons. The molecule has 2 saturated heterocycles. The van der Waals surface area contributed by atoms with Crippen molar-refractivity contribution in [1.82, 2.24) is 19.4 Å². The summed E-state index contributed by atoms with van der Waals surface area (Å²) in [6.07, 6.45) is 2.26. The number of benzene rings is 2. The Hall–Kier alpha value is -2.70. The third-order valence-corrected chi connectivity index (χ3v) is 11.8. The Kier molecular flexibility index (Phi) is 10.2. The fraction of sp³-hybridized carbons (Fsp3) is 0.452. The fourth-order valence-corrected chi connectivity index (χ4v) is 9.21. The highest BCUT2D eigenvalue weighted by atomic mass is 35.5. The van der Waals surface area contributed by atoms with Crippen LogP contribution in [0.1, 0.15) is 49.2 Å². The number of piperazine rings is 1. The first kappa shape index (κ1) is 32.7. The van der Waals surface area contributed by atoms with Gasteiger partial charge >= 0.3 is 0 Å². The SMILES string of the molecule is CC(C)C[C@H](NC(=O)c1cc2ccccc2s1)C(=O)N1CCN(C(=O)C2CCCCN2S(=O)(=O)c2ccc(Cl)cc2Cl)CC1. The zero-order valence-corrected chi connectivity index (χ0v) is 27.8. The van der Waals surface area contributed by atoms with Gasteiger partial charge < -0.3 is 15.1 Å². The minimum absolute atomic E-state index is 0.0109. The molecule has 44 heavy (non-hydrogen) atoms. The van der Waals surface area contributed by atoms with E-state index in [1.807, 2.05) is 44.2 Å². The van der Waals surface area contributed by atoms with E-state index in [-0.39, 0.29) is 53.2 Å². The first-order chi connectivity index (χ1) is 21.0. The molecule has 5 rings (SSSR count). The van der Waals surface area contributed by atoms with Crippen molar-refractivity contribution in [2.75, 3.05) is 32.7 Å². The van der Waals surface area contributed by atoms with E-state index in [9.17, 15) is 22.8 Å². The highest BCUT2D eigenvalue weighted by molar-refractivity contribution is 7.89. The minimum Gasteiger partial charge on any atom is -0.340 e. The van der Waals surface area contributed by atoms with Gasteiger partial charge in [-0.05, 0) is 60.9 Å². The lowest BCUT2D eigenvalue weighted by Crippen LogP contribution is -2.59. The largest absolute Gasteiger partial charge is 0.340 e. The van der Waals surface area contributed by atoms with Crippen LogP contribution in [0.4, 0.5) is 0 Å². The van der Waals surface area contributed by atoms with Crippen LogP contribution >= 0.6 is 34.5 Å². The summed E-state index contributed by atoms with van der Waals surface area (Å²) in [6, 6.07) is 12.3. The van der Waals surface area contributed by atoms with Crippen LogP contribution in [0.25, 0.3) is 10.1 Å². The molecule has 0 bridgehead atoms. The molecular weight excluding hydrogens is 643 g/mol. The van der Waals surface area contributed by atoms with Crippen molar-refractivity contribution >= 4 is 72.4 Å². The van der Waals surface area contributed by atoms with E-state index in [1.165, 1.54) is 33.8 Å². The number of carbonyl (C=O) groups excluding carboxylic acids is 3. The van der Waals surface area contributed by atoms with Gasteiger partial charge in [0.25, 0.3) is 5.91 Å². The highest BCUT2D eigenvalue weighted by Gasteiger charge is 2.41. The third kappa shape index (κ3) is 7.07. The summed E-state index contributed by atoms with van der Waals surface area (Å²) in [7, 11) is -4.04. The number of piperidine rings is 1. The van der Waals surface area contributed by atoms with Gasteiger partial charge in [0.15, 0.2) is 0 Å². The maximum Gasteiger partial charge on any atom is 0.262 e. The van der Waals surface area contributed by atoms with Gasteiger partial charge in [-0.25, -0.2) is 8.42 Å². The normalized spacial score (nSPS) is 18.9. The third-order valence-electron chi connectivity index (χ3n) is 8.08. The second-order valence-corrected chi connectivity index (χ2v) is 15.4. The molecule has 3 amide bonds. The molecule has 0 spiro atoms. The molecule has 1 unspecified atom stereocenters. The van der Waals surface area contributed by atoms with Gasteiger partial charge in [-0.2, -0.15) is 4.31 Å². The zero-order valence-electron chi connectivity index (χ0n) is 24.7. The second-order valence-electron chi connectivity index (χ2n) is 11.7. The maximum absolute atomic E-state index is 13.7. The van der Waals surface area contributed by atoms with Crippen molar-refractivity contribution in [3.63, 3.8) is 0 Å². The van der Waals surface area contributed by atoms with Gasteiger partial charge in [-0.1, -0.05) is 61.7 Å². The quantitative estimate of drug-likeness (QED) is 0.350. The summed E-state index contributed by atoms with van der Waals surface area (Å²) in [5.41, 5.74) is 0. The number of halogens is 2. The fourth-order valence-electron chi connectivity index (χ4n) is 5.84. The number of sulfonamides is 1. The topological polar surface area (TPSA) is 107 Å². The average Bonchev–Trinajstić information content (AvgIpc) is 3.44. The van der Waals surface area contributed by atoms with E-state index in [0.717, 1.165) is 16.5 Å². The molecule has 2 fully saturated rings. The highest BCUT2D eigenvalue weighted by Crippen LogP contribution is 2.32. The Balaban J connectivity index is 1.24. The van der Waals surface area contributed by atoms with Gasteiger partial charge in [0, 0.05) is 42.4 Å². The van der Waals surface area contributed by atoms with Gasteiger partial charge in [0.1, 0.15) is 17.0 Å². The molecule has 1 N–H and O–H groups in total. The summed E-state index contributed by atoms with van der Waals surface area (Å²) < 4.78 is 29.5. The van der Waals surface area contributed by atoms with Crippen LogP contribution in [0.3, 0.4) is 0 Å². The summed E-state index contributed by atoms with van der Waals surface area (Å²) in [5.74, 6) is -0.567. The number of rotatable bonds is 8. The molecule has 2 aliphatic rings. The van der Waals surface area contributed by atoms with Gasteiger partial charge in [-0.3, -0.25) is 14.4 Å². The van der Waals surface area contributed by atoms with E-state index >= 15 is 0 Å². The van der Waals surface area contributed by atoms with Crippen molar-refractivity contribution in [2.24, 2.45) is 5.92 Å². The van der Waals surface area contributed by atoms with Crippen LogP contribution in [-0.2, 0) is 19.6 Å². The lowest BCUT2D eigenvalue weighted by atomic mass is 10.0. The molecule has 9 nitrogen and oxygen atoms in total. The van der Waals surface area contributed by atoms with Crippen LogP contribution < -0.4 is 5.32 Å². The van der Waals surface area contributed by atoms with Gasteiger partial charge in [-0.15, -0.1) is 11.3 Å². The van der Waals surface area contributed by atoms with E-state index in [1.54, 1.807) is 9.80 Å². The predicted molar refractivity (Wildman–Crippen MR) is 174 cm³/mol. The molecule has 0 saturated carbocycles. The monoisotopic (exact) mass is 678 g/mol. The lowest BCUT2D eigenvalue weighted by molar-refractivity contribution is -0.143. The summed E-state index contributed by atoms with van der Waals surface area (Å²) in [6.45, 7) is 5.35. The molecule has 3 heterocycles. The number of amides is 3. The van der Waals surface area contributed by atoms with Crippen molar-refractivity contribution in [1.29, 1.82) is 0 Å². The minimum atomic E-state index is -4.04. The van der Waals surface area contributed by atoms with E-state index in [2.05, 4.69) is 5.32 Å². The number of nitrogens with zero attached hydrogens (tertiary/aromatic N) is 3. The first-order valence-electron chi connectivity index (χ1n) is 14.8. The number of nitrogens with one attached hydrogen (secondary N) is 1. The summed E-state index contributed by atoms with van der Waals surface area (Å²) >= 11 is 13.6. The Morgan fingerprint density at radius 1 is 0.955 bits per heavy atom. The molecule has 2 aromatic carbocycles. The molecule has 2 atom stereocenters. The van der Waals surface area contributed by atoms with Crippen LogP contribution in [0.5, 0.6) is 0 Å². The Morgan fingerprint density at radius 3 is 2.34 bits per heavy atom. The summed E-state index contributed by atoms with van der Waals surface area (Å²) in [5, 5.41) is 4.28. The Morgan fingerprint density at radius 2 is 1.66 bits per heavy atom. The van der Waals surface area contributed by atoms with E-state index in [0.29, 0.717) is 42.3 Å². The molecule has 236 valence electrons. The first-order valence-corrected chi connectivity index (χ1v) is 17.8. The van der Waals surface area contributed by atoms with Crippen LogP contribution in [0, 0.1) is 5.92 Å². The van der Waals surface area contributed by atoms with Crippen molar-refractivity contribution in [3.05, 3.63) is 63.5 Å².